The molecule has 0 spiro atoms. The third-order valence-electron chi connectivity index (χ3n) is 3.52. The topological polar surface area (TPSA) is 73.9 Å². The lowest BCUT2D eigenvalue weighted by atomic mass is 10.2. The molecule has 2 aromatic rings. The van der Waals surface area contributed by atoms with Crippen LogP contribution >= 0.6 is 0 Å². The zero-order chi connectivity index (χ0) is 17.8. The van der Waals surface area contributed by atoms with Gasteiger partial charge in [-0.05, 0) is 37.3 Å². The Bertz CT molecular complexity index is 808. The third-order valence-corrected chi connectivity index (χ3v) is 3.52. The summed E-state index contributed by atoms with van der Waals surface area (Å²) >= 11 is 0. The number of amides is 1. The highest BCUT2D eigenvalue weighted by Gasteiger charge is 2.20. The van der Waals surface area contributed by atoms with Crippen LogP contribution in [0.1, 0.15) is 17.3 Å². The number of hydrogen-bond donors (Lipinski definition) is 1. The zero-order valence-corrected chi connectivity index (χ0v) is 13.5. The molecule has 1 aliphatic heterocycles. The molecule has 7 heteroatoms. The van der Waals surface area contributed by atoms with Gasteiger partial charge in [0, 0.05) is 11.8 Å². The Balaban J connectivity index is 1.62. The molecule has 1 atom stereocenters. The second-order valence-corrected chi connectivity index (χ2v) is 5.41. The van der Waals surface area contributed by atoms with Crippen LogP contribution in [0.3, 0.4) is 0 Å². The smallest absolute Gasteiger partial charge is 0.339 e. The Hall–Kier alpha value is -3.09. The fraction of sp³-hybridized carbons (Fsp3) is 0.222. The van der Waals surface area contributed by atoms with Crippen LogP contribution in [-0.2, 0) is 9.53 Å². The van der Waals surface area contributed by atoms with E-state index in [9.17, 15) is 14.0 Å². The van der Waals surface area contributed by atoms with Crippen LogP contribution in [0.15, 0.2) is 42.5 Å². The SMILES string of the molecule is C[C@H](OC(=O)c1cccc(F)c1)C(=O)Nc1ccc2c(c1)OCCO2. The van der Waals surface area contributed by atoms with E-state index in [1.54, 1.807) is 18.2 Å². The first kappa shape index (κ1) is 16.8. The second kappa shape index (κ2) is 7.21. The van der Waals surface area contributed by atoms with Crippen molar-refractivity contribution in [1.29, 1.82) is 0 Å². The van der Waals surface area contributed by atoms with E-state index >= 15 is 0 Å². The fourth-order valence-corrected chi connectivity index (χ4v) is 2.26. The number of ether oxygens (including phenoxy) is 3. The van der Waals surface area contributed by atoms with Gasteiger partial charge in [0.05, 0.1) is 5.56 Å². The molecule has 0 saturated carbocycles. The van der Waals surface area contributed by atoms with Crippen LogP contribution in [0, 0.1) is 5.82 Å². The molecule has 25 heavy (non-hydrogen) atoms. The van der Waals surface area contributed by atoms with Gasteiger partial charge in [-0.1, -0.05) is 6.07 Å². The summed E-state index contributed by atoms with van der Waals surface area (Å²) in [6.45, 7) is 2.35. The maximum atomic E-state index is 13.1. The van der Waals surface area contributed by atoms with Crippen molar-refractivity contribution < 1.29 is 28.2 Å². The first-order valence-corrected chi connectivity index (χ1v) is 7.70. The molecule has 0 aromatic heterocycles. The monoisotopic (exact) mass is 345 g/mol. The number of esters is 1. The van der Waals surface area contributed by atoms with Crippen LogP contribution in [-0.4, -0.2) is 31.2 Å². The van der Waals surface area contributed by atoms with E-state index in [1.807, 2.05) is 0 Å². The predicted molar refractivity (Wildman–Crippen MR) is 87.3 cm³/mol. The Kier molecular flexibility index (Phi) is 4.83. The lowest BCUT2D eigenvalue weighted by molar-refractivity contribution is -0.123. The van der Waals surface area contributed by atoms with Crippen molar-refractivity contribution in [2.24, 2.45) is 0 Å². The van der Waals surface area contributed by atoms with Crippen LogP contribution in [0.2, 0.25) is 0 Å². The van der Waals surface area contributed by atoms with E-state index < -0.39 is 23.8 Å². The molecular weight excluding hydrogens is 329 g/mol. The summed E-state index contributed by atoms with van der Waals surface area (Å²) in [5, 5.41) is 2.63. The highest BCUT2D eigenvalue weighted by molar-refractivity contribution is 5.97. The van der Waals surface area contributed by atoms with E-state index in [0.29, 0.717) is 30.4 Å². The molecular formula is C18H16FNO5. The molecule has 130 valence electrons. The van der Waals surface area contributed by atoms with Gasteiger partial charge >= 0.3 is 5.97 Å². The van der Waals surface area contributed by atoms with E-state index in [0.717, 1.165) is 6.07 Å². The van der Waals surface area contributed by atoms with Crippen molar-refractivity contribution in [1.82, 2.24) is 0 Å². The molecule has 1 N–H and O–H groups in total. The van der Waals surface area contributed by atoms with Crippen molar-refractivity contribution in [3.8, 4) is 11.5 Å². The fourth-order valence-electron chi connectivity index (χ4n) is 2.26. The maximum absolute atomic E-state index is 13.1. The molecule has 1 amide bonds. The zero-order valence-electron chi connectivity index (χ0n) is 13.5. The average Bonchev–Trinajstić information content (AvgIpc) is 2.61. The Labute approximate surface area is 143 Å². The Morgan fingerprint density at radius 1 is 1.12 bits per heavy atom. The molecule has 2 aromatic carbocycles. The van der Waals surface area contributed by atoms with Gasteiger partial charge in [0.1, 0.15) is 19.0 Å². The summed E-state index contributed by atoms with van der Waals surface area (Å²) in [6.07, 6.45) is -1.05. The van der Waals surface area contributed by atoms with Crippen molar-refractivity contribution in [3.05, 3.63) is 53.8 Å². The van der Waals surface area contributed by atoms with Crippen LogP contribution in [0.25, 0.3) is 0 Å². The number of rotatable bonds is 4. The minimum absolute atomic E-state index is 0.0407. The minimum atomic E-state index is -1.05. The normalized spacial score (nSPS) is 13.7. The molecule has 0 fully saturated rings. The summed E-state index contributed by atoms with van der Waals surface area (Å²) < 4.78 is 29.1. The molecule has 1 heterocycles. The van der Waals surface area contributed by atoms with Crippen molar-refractivity contribution >= 4 is 17.6 Å². The number of fused-ring (bicyclic) bond motifs is 1. The minimum Gasteiger partial charge on any atom is -0.486 e. The van der Waals surface area contributed by atoms with E-state index in [-0.39, 0.29) is 5.56 Å². The van der Waals surface area contributed by atoms with E-state index in [1.165, 1.54) is 25.1 Å². The van der Waals surface area contributed by atoms with Gasteiger partial charge < -0.3 is 19.5 Å². The molecule has 0 unspecified atom stereocenters. The number of hydrogen-bond acceptors (Lipinski definition) is 5. The first-order valence-electron chi connectivity index (χ1n) is 7.70. The van der Waals surface area contributed by atoms with Gasteiger partial charge in [-0.3, -0.25) is 4.79 Å². The summed E-state index contributed by atoms with van der Waals surface area (Å²) in [7, 11) is 0. The molecule has 6 nitrogen and oxygen atoms in total. The number of nitrogens with one attached hydrogen (secondary N) is 1. The highest BCUT2D eigenvalue weighted by atomic mass is 19.1. The van der Waals surface area contributed by atoms with Gasteiger partial charge in [-0.2, -0.15) is 0 Å². The lowest BCUT2D eigenvalue weighted by Gasteiger charge is -2.19. The van der Waals surface area contributed by atoms with Gasteiger partial charge in [0.25, 0.3) is 5.91 Å². The molecule has 0 radical (unpaired) electrons. The number of benzene rings is 2. The van der Waals surface area contributed by atoms with Gasteiger partial charge in [-0.25, -0.2) is 9.18 Å². The predicted octanol–water partition coefficient (Wildman–Crippen LogP) is 2.78. The Morgan fingerprint density at radius 2 is 1.88 bits per heavy atom. The van der Waals surface area contributed by atoms with Crippen molar-refractivity contribution in [2.45, 2.75) is 13.0 Å². The molecule has 0 saturated heterocycles. The van der Waals surface area contributed by atoms with Crippen LogP contribution in [0.4, 0.5) is 10.1 Å². The standard InChI is InChI=1S/C18H16FNO5/c1-11(25-18(22)12-3-2-4-13(19)9-12)17(21)20-14-5-6-15-16(10-14)24-8-7-23-15/h2-6,9-11H,7-8H2,1H3,(H,20,21)/t11-/m0/s1. The number of carbonyl (C=O) groups excluding carboxylic acids is 2. The number of halogens is 1. The summed E-state index contributed by atoms with van der Waals surface area (Å²) in [5.41, 5.74) is 0.530. The average molecular weight is 345 g/mol. The first-order chi connectivity index (χ1) is 12.0. The molecule has 3 rings (SSSR count). The lowest BCUT2D eigenvalue weighted by Crippen LogP contribution is -2.30. The Morgan fingerprint density at radius 3 is 2.64 bits per heavy atom. The second-order valence-electron chi connectivity index (χ2n) is 5.41. The summed E-state index contributed by atoms with van der Waals surface area (Å²) in [6, 6.07) is 10.1. The van der Waals surface area contributed by atoms with Gasteiger partial charge in [0.2, 0.25) is 0 Å². The maximum Gasteiger partial charge on any atom is 0.339 e. The van der Waals surface area contributed by atoms with Crippen LogP contribution < -0.4 is 14.8 Å². The molecule has 1 aliphatic rings. The number of anilines is 1. The van der Waals surface area contributed by atoms with E-state index in [4.69, 9.17) is 14.2 Å². The van der Waals surface area contributed by atoms with Gasteiger partial charge in [0.15, 0.2) is 17.6 Å². The van der Waals surface area contributed by atoms with Crippen LogP contribution in [0.5, 0.6) is 11.5 Å². The van der Waals surface area contributed by atoms with E-state index in [2.05, 4.69) is 5.32 Å². The van der Waals surface area contributed by atoms with Crippen molar-refractivity contribution in [2.75, 3.05) is 18.5 Å². The number of carbonyl (C=O) groups is 2. The summed E-state index contributed by atoms with van der Waals surface area (Å²) in [5.74, 6) is -0.697. The highest BCUT2D eigenvalue weighted by Crippen LogP contribution is 2.32. The third kappa shape index (κ3) is 4.06. The largest absolute Gasteiger partial charge is 0.486 e. The van der Waals surface area contributed by atoms with Gasteiger partial charge in [-0.15, -0.1) is 0 Å². The molecule has 0 bridgehead atoms. The van der Waals surface area contributed by atoms with Crippen molar-refractivity contribution in [3.63, 3.8) is 0 Å². The molecule has 0 aliphatic carbocycles. The summed E-state index contributed by atoms with van der Waals surface area (Å²) in [4.78, 5) is 24.1. The quantitative estimate of drug-likeness (QED) is 0.863.